The Labute approximate surface area is 208 Å². The second-order valence-corrected chi connectivity index (χ2v) is 10.0. The Morgan fingerprint density at radius 1 is 0.857 bits per heavy atom. The normalized spacial score (nSPS) is 14.3. The van der Waals surface area contributed by atoms with Crippen molar-refractivity contribution in [2.45, 2.75) is 13.8 Å². The maximum Gasteiger partial charge on any atom is 0.197 e. The Bertz CT molecular complexity index is 1690. The molecule has 0 aliphatic heterocycles. The maximum absolute atomic E-state index is 13.2. The van der Waals surface area contributed by atoms with Gasteiger partial charge in [-0.25, -0.2) is 4.98 Å². The van der Waals surface area contributed by atoms with E-state index in [1.165, 1.54) is 0 Å². The molecule has 0 unspecified atom stereocenters. The Hall–Kier alpha value is -4.03. The molecule has 0 spiro atoms. The molecule has 6 rings (SSSR count). The molecule has 0 N–H and O–H groups in total. The van der Waals surface area contributed by atoms with Gasteiger partial charge in [0.15, 0.2) is 17.2 Å². The summed E-state index contributed by atoms with van der Waals surface area (Å²) in [6.45, 7) is 4.14. The van der Waals surface area contributed by atoms with Crippen LogP contribution < -0.4 is 5.46 Å². The minimum atomic E-state index is -0.222. The summed E-state index contributed by atoms with van der Waals surface area (Å²) < 4.78 is 3.09. The van der Waals surface area contributed by atoms with Gasteiger partial charge in [-0.2, -0.15) is 0 Å². The highest BCUT2D eigenvalue weighted by atomic mass is 32.1. The first-order valence-corrected chi connectivity index (χ1v) is 12.3. The standard InChI is InChI=1S/C29H21BN2O2S/c1-16-7-6-8-17(2)25(16)32-20(14-23-26(33)21-12-11-19(30)13-22(21)27(23)34)15-24-28(32)31-29(35-24)18-9-4-3-5-10-18/h3-15H,30H2,1-2H3/b23-14-. The van der Waals surface area contributed by atoms with Crippen LogP contribution in [0.2, 0.25) is 0 Å². The zero-order chi connectivity index (χ0) is 24.3. The lowest BCUT2D eigenvalue weighted by Crippen LogP contribution is -2.06. The second kappa shape index (κ2) is 8.03. The van der Waals surface area contributed by atoms with E-state index in [2.05, 4.69) is 42.7 Å². The number of carbonyl (C=O) groups excluding carboxylic acids is 2. The Kier molecular flexibility index (Phi) is 4.93. The molecule has 0 bridgehead atoms. The molecule has 6 heteroatoms. The lowest BCUT2D eigenvalue weighted by atomic mass is 9.92. The predicted molar refractivity (Wildman–Crippen MR) is 145 cm³/mol. The van der Waals surface area contributed by atoms with Gasteiger partial charge in [-0.05, 0) is 37.1 Å². The number of para-hydroxylation sites is 1. The molecule has 5 aromatic rings. The number of aromatic nitrogens is 2. The molecule has 0 amide bonds. The lowest BCUT2D eigenvalue weighted by molar-refractivity contribution is 0.0990. The van der Waals surface area contributed by atoms with Gasteiger partial charge < -0.3 is 0 Å². The number of ketones is 2. The fourth-order valence-corrected chi connectivity index (χ4v) is 5.82. The third-order valence-corrected chi connectivity index (χ3v) is 7.55. The van der Waals surface area contributed by atoms with Crippen molar-refractivity contribution < 1.29 is 9.59 Å². The van der Waals surface area contributed by atoms with E-state index in [1.807, 2.05) is 44.2 Å². The lowest BCUT2D eigenvalue weighted by Gasteiger charge is -2.14. The summed E-state index contributed by atoms with van der Waals surface area (Å²) in [6.07, 6.45) is 1.74. The van der Waals surface area contributed by atoms with Crippen LogP contribution in [0.3, 0.4) is 0 Å². The van der Waals surface area contributed by atoms with E-state index >= 15 is 0 Å². The summed E-state index contributed by atoms with van der Waals surface area (Å²) in [5.74, 6) is -0.440. The summed E-state index contributed by atoms with van der Waals surface area (Å²) >= 11 is 1.61. The highest BCUT2D eigenvalue weighted by molar-refractivity contribution is 7.21. The molecule has 2 heterocycles. The average Bonchev–Trinajstić information content (AvgIpc) is 3.47. The first-order valence-electron chi connectivity index (χ1n) is 11.5. The number of fused-ring (bicyclic) bond motifs is 2. The molecule has 0 saturated heterocycles. The Morgan fingerprint density at radius 2 is 1.57 bits per heavy atom. The van der Waals surface area contributed by atoms with Crippen molar-refractivity contribution in [2.75, 3.05) is 0 Å². The van der Waals surface area contributed by atoms with Crippen molar-refractivity contribution >= 4 is 52.6 Å². The molecule has 35 heavy (non-hydrogen) atoms. The molecule has 0 fully saturated rings. The highest BCUT2D eigenvalue weighted by Gasteiger charge is 2.33. The fourth-order valence-electron chi connectivity index (χ4n) is 4.82. The third-order valence-electron chi connectivity index (χ3n) is 6.51. The number of Topliss-reactive ketones (excluding diaryl/α,β-unsaturated/α-hetero) is 2. The zero-order valence-corrected chi connectivity index (χ0v) is 20.4. The van der Waals surface area contributed by atoms with Gasteiger partial charge in [-0.15, -0.1) is 11.3 Å². The van der Waals surface area contributed by atoms with E-state index in [-0.39, 0.29) is 17.1 Å². The van der Waals surface area contributed by atoms with Gasteiger partial charge >= 0.3 is 0 Å². The van der Waals surface area contributed by atoms with Gasteiger partial charge in [0, 0.05) is 16.7 Å². The van der Waals surface area contributed by atoms with Crippen LogP contribution in [0.25, 0.3) is 32.7 Å². The molecule has 4 nitrogen and oxygen atoms in total. The number of aryl methyl sites for hydroxylation is 2. The predicted octanol–water partition coefficient (Wildman–Crippen LogP) is 5.09. The van der Waals surface area contributed by atoms with Crippen LogP contribution in [0, 0.1) is 13.8 Å². The highest BCUT2D eigenvalue weighted by Crippen LogP contribution is 2.37. The molecule has 3 aromatic carbocycles. The Morgan fingerprint density at radius 3 is 2.31 bits per heavy atom. The van der Waals surface area contributed by atoms with E-state index in [4.69, 9.17) is 4.98 Å². The van der Waals surface area contributed by atoms with E-state index in [0.717, 1.165) is 48.9 Å². The van der Waals surface area contributed by atoms with Crippen LogP contribution in [0.5, 0.6) is 0 Å². The first kappa shape index (κ1) is 21.5. The molecule has 168 valence electrons. The SMILES string of the molecule is Bc1ccc2c(c1)C(=O)/C(=C\c1cc3sc(-c4ccccc4)nc3n1-c1c(C)cccc1C)C2=O. The van der Waals surface area contributed by atoms with Gasteiger partial charge in [0.1, 0.15) is 12.9 Å². The third kappa shape index (κ3) is 3.41. The van der Waals surface area contributed by atoms with Gasteiger partial charge in [0.25, 0.3) is 0 Å². The molecule has 0 saturated carbocycles. The molecular formula is C29H21BN2O2S. The summed E-state index contributed by atoms with van der Waals surface area (Å²) in [5, 5.41) is 0.936. The number of hydrogen-bond acceptors (Lipinski definition) is 4. The maximum atomic E-state index is 13.2. The van der Waals surface area contributed by atoms with E-state index < -0.39 is 0 Å². The minimum absolute atomic E-state index is 0.200. The van der Waals surface area contributed by atoms with Gasteiger partial charge in [0.05, 0.1) is 21.7 Å². The largest absolute Gasteiger partial charge is 0.293 e. The molecular weight excluding hydrogens is 451 g/mol. The zero-order valence-electron chi connectivity index (χ0n) is 19.6. The number of thiazole rings is 1. The molecule has 1 aliphatic rings. The van der Waals surface area contributed by atoms with Crippen molar-refractivity contribution in [1.82, 2.24) is 9.55 Å². The van der Waals surface area contributed by atoms with Crippen molar-refractivity contribution in [3.05, 3.63) is 106 Å². The smallest absolute Gasteiger partial charge is 0.197 e. The van der Waals surface area contributed by atoms with E-state index in [1.54, 1.807) is 29.5 Å². The van der Waals surface area contributed by atoms with Crippen LogP contribution in [0.4, 0.5) is 0 Å². The molecule has 1 aliphatic carbocycles. The van der Waals surface area contributed by atoms with Crippen molar-refractivity contribution in [3.63, 3.8) is 0 Å². The molecule has 2 aromatic heterocycles. The van der Waals surface area contributed by atoms with Crippen LogP contribution in [0.15, 0.2) is 78.4 Å². The summed E-state index contributed by atoms with van der Waals surface area (Å²) in [7, 11) is 1.93. The Balaban J connectivity index is 1.59. The topological polar surface area (TPSA) is 52.0 Å². The average molecular weight is 472 g/mol. The van der Waals surface area contributed by atoms with Crippen molar-refractivity contribution in [3.8, 4) is 16.3 Å². The summed E-state index contributed by atoms with van der Waals surface area (Å²) in [6, 6.07) is 23.7. The number of rotatable bonds is 3. The van der Waals surface area contributed by atoms with Crippen LogP contribution >= 0.6 is 11.3 Å². The van der Waals surface area contributed by atoms with Gasteiger partial charge in [-0.1, -0.05) is 72.2 Å². The number of carbonyl (C=O) groups is 2. The first-order chi connectivity index (χ1) is 16.9. The number of nitrogens with zero attached hydrogens (tertiary/aromatic N) is 2. The number of hydrogen-bond donors (Lipinski definition) is 0. The second-order valence-electron chi connectivity index (χ2n) is 8.98. The molecule has 0 radical (unpaired) electrons. The van der Waals surface area contributed by atoms with Gasteiger partial charge in [0.2, 0.25) is 0 Å². The van der Waals surface area contributed by atoms with Crippen LogP contribution in [-0.4, -0.2) is 29.0 Å². The fraction of sp³-hybridized carbons (Fsp3) is 0.0690. The van der Waals surface area contributed by atoms with E-state index in [9.17, 15) is 9.59 Å². The molecule has 0 atom stereocenters. The minimum Gasteiger partial charge on any atom is -0.293 e. The number of allylic oxidation sites excluding steroid dienone is 1. The van der Waals surface area contributed by atoms with Crippen LogP contribution in [0.1, 0.15) is 37.5 Å². The van der Waals surface area contributed by atoms with Crippen LogP contribution in [-0.2, 0) is 0 Å². The van der Waals surface area contributed by atoms with Crippen molar-refractivity contribution in [2.24, 2.45) is 0 Å². The summed E-state index contributed by atoms with van der Waals surface area (Å²) in [4.78, 5) is 31.4. The quantitative estimate of drug-likeness (QED) is 0.209. The van der Waals surface area contributed by atoms with Crippen molar-refractivity contribution in [1.29, 1.82) is 0 Å². The van der Waals surface area contributed by atoms with Gasteiger partial charge in [-0.3, -0.25) is 14.2 Å². The van der Waals surface area contributed by atoms with E-state index in [0.29, 0.717) is 11.1 Å². The monoisotopic (exact) mass is 472 g/mol. The summed E-state index contributed by atoms with van der Waals surface area (Å²) in [5.41, 5.74) is 8.00. The number of benzene rings is 3.